The van der Waals surface area contributed by atoms with Crippen molar-refractivity contribution in [2.75, 3.05) is 4.90 Å². The molecule has 0 aliphatic carbocycles. The van der Waals surface area contributed by atoms with Gasteiger partial charge in [0.1, 0.15) is 17.8 Å². The minimum absolute atomic E-state index is 0.236. The number of carbonyl (C=O) groups excluding carboxylic acids is 1. The molecule has 29 heavy (non-hydrogen) atoms. The lowest BCUT2D eigenvalue weighted by molar-refractivity contribution is -0.116. The zero-order valence-corrected chi connectivity index (χ0v) is 17.4. The first-order chi connectivity index (χ1) is 14.1. The van der Waals surface area contributed by atoms with Gasteiger partial charge in [-0.1, -0.05) is 17.3 Å². The third kappa shape index (κ3) is 3.75. The van der Waals surface area contributed by atoms with Gasteiger partial charge in [-0.05, 0) is 65.1 Å². The highest BCUT2D eigenvalue weighted by Crippen LogP contribution is 2.42. The zero-order valence-electron chi connectivity index (χ0n) is 15.2. The highest BCUT2D eigenvalue weighted by Gasteiger charge is 2.29. The highest BCUT2D eigenvalue weighted by atomic mass is 127. The van der Waals surface area contributed by atoms with E-state index < -0.39 is 0 Å². The van der Waals surface area contributed by atoms with E-state index in [2.05, 4.69) is 37.7 Å². The lowest BCUT2D eigenvalue weighted by Crippen LogP contribution is -2.23. The summed E-state index contributed by atoms with van der Waals surface area (Å²) in [7, 11) is 0. The van der Waals surface area contributed by atoms with Crippen LogP contribution in [0.15, 0.2) is 71.6 Å². The minimum atomic E-state index is -0.356. The Hall–Kier alpha value is -3.14. The molecule has 0 fully saturated rings. The van der Waals surface area contributed by atoms with Crippen molar-refractivity contribution in [1.29, 1.82) is 0 Å². The van der Waals surface area contributed by atoms with E-state index in [1.54, 1.807) is 24.4 Å². The fraction of sp³-hybridized carbons (Fsp3) is 0.0476. The molecule has 4 aromatic rings. The number of rotatable bonds is 4. The lowest BCUT2D eigenvalue weighted by Gasteiger charge is -2.20. The number of hydrogen-bond acceptors (Lipinski definition) is 5. The molecule has 0 saturated heterocycles. The Labute approximate surface area is 179 Å². The predicted molar refractivity (Wildman–Crippen MR) is 115 cm³/mol. The molecule has 144 valence electrons. The van der Waals surface area contributed by atoms with Gasteiger partial charge in [0.15, 0.2) is 0 Å². The molecule has 2 heterocycles. The summed E-state index contributed by atoms with van der Waals surface area (Å²) in [5.74, 6) is -0.365. The monoisotopic (exact) mass is 500 g/mol. The van der Waals surface area contributed by atoms with Crippen LogP contribution >= 0.6 is 22.6 Å². The SMILES string of the molecule is CC(=O)N(c1ccccc1I)c1onc(-c2ccc(F)cc2)c1-c1ccncn1. The van der Waals surface area contributed by atoms with Crippen molar-refractivity contribution >= 4 is 40.1 Å². The van der Waals surface area contributed by atoms with Crippen LogP contribution in [-0.2, 0) is 4.79 Å². The number of amides is 1. The summed E-state index contributed by atoms with van der Waals surface area (Å²) < 4.78 is 19.9. The van der Waals surface area contributed by atoms with Gasteiger partial charge in [-0.3, -0.25) is 4.79 Å². The summed E-state index contributed by atoms with van der Waals surface area (Å²) in [5.41, 5.74) is 2.82. The van der Waals surface area contributed by atoms with Crippen molar-refractivity contribution in [2.45, 2.75) is 6.92 Å². The number of hydrogen-bond donors (Lipinski definition) is 0. The molecule has 0 N–H and O–H groups in total. The fourth-order valence-electron chi connectivity index (χ4n) is 2.96. The lowest BCUT2D eigenvalue weighted by atomic mass is 10.0. The topological polar surface area (TPSA) is 72.1 Å². The molecule has 0 aliphatic rings. The maximum atomic E-state index is 13.4. The molecule has 0 aliphatic heterocycles. The molecule has 2 aromatic carbocycles. The second-order valence-corrected chi connectivity index (χ2v) is 7.28. The summed E-state index contributed by atoms with van der Waals surface area (Å²) in [6, 6.07) is 15.1. The van der Waals surface area contributed by atoms with Crippen LogP contribution in [0.5, 0.6) is 0 Å². The van der Waals surface area contributed by atoms with Crippen molar-refractivity contribution in [3.05, 3.63) is 76.5 Å². The quantitative estimate of drug-likeness (QED) is 0.359. The van der Waals surface area contributed by atoms with Crippen LogP contribution in [0.3, 0.4) is 0 Å². The highest BCUT2D eigenvalue weighted by molar-refractivity contribution is 14.1. The van der Waals surface area contributed by atoms with Gasteiger partial charge in [0, 0.05) is 22.3 Å². The van der Waals surface area contributed by atoms with Gasteiger partial charge in [-0.15, -0.1) is 0 Å². The number of nitrogens with zero attached hydrogens (tertiary/aromatic N) is 4. The second kappa shape index (κ2) is 8.08. The van der Waals surface area contributed by atoms with Crippen LogP contribution in [0.25, 0.3) is 22.5 Å². The first-order valence-electron chi connectivity index (χ1n) is 8.63. The molecular weight excluding hydrogens is 486 g/mol. The van der Waals surface area contributed by atoms with Crippen LogP contribution in [0, 0.1) is 9.39 Å². The molecule has 0 radical (unpaired) electrons. The molecule has 0 bridgehead atoms. The van der Waals surface area contributed by atoms with E-state index in [1.807, 2.05) is 24.3 Å². The second-order valence-electron chi connectivity index (χ2n) is 6.12. The normalized spacial score (nSPS) is 10.7. The van der Waals surface area contributed by atoms with E-state index in [0.29, 0.717) is 28.2 Å². The number of aromatic nitrogens is 3. The van der Waals surface area contributed by atoms with Crippen molar-refractivity contribution in [1.82, 2.24) is 15.1 Å². The maximum absolute atomic E-state index is 13.4. The van der Waals surface area contributed by atoms with E-state index in [4.69, 9.17) is 4.52 Å². The zero-order chi connectivity index (χ0) is 20.4. The van der Waals surface area contributed by atoms with Gasteiger partial charge in [-0.25, -0.2) is 19.3 Å². The third-order valence-electron chi connectivity index (χ3n) is 4.24. The Morgan fingerprint density at radius 2 is 1.86 bits per heavy atom. The van der Waals surface area contributed by atoms with E-state index in [1.165, 1.54) is 30.3 Å². The number of anilines is 2. The van der Waals surface area contributed by atoms with Gasteiger partial charge in [0.25, 0.3) is 0 Å². The molecule has 0 spiro atoms. The Balaban J connectivity index is 1.97. The van der Waals surface area contributed by atoms with Crippen LogP contribution in [0.2, 0.25) is 0 Å². The summed E-state index contributed by atoms with van der Waals surface area (Å²) in [5, 5.41) is 4.20. The van der Waals surface area contributed by atoms with Gasteiger partial charge in [-0.2, -0.15) is 0 Å². The molecule has 8 heteroatoms. The van der Waals surface area contributed by atoms with Crippen LogP contribution in [0.4, 0.5) is 16.0 Å². The Kier molecular flexibility index (Phi) is 5.34. The molecule has 0 saturated carbocycles. The van der Waals surface area contributed by atoms with Gasteiger partial charge in [0.05, 0.1) is 16.9 Å². The Morgan fingerprint density at radius 1 is 1.10 bits per heavy atom. The van der Waals surface area contributed by atoms with Gasteiger partial charge in [0.2, 0.25) is 11.8 Å². The number of carbonyl (C=O) groups is 1. The standard InChI is InChI=1S/C21H14FIN4O2/c1-13(28)27(18-5-3-2-4-16(18)23)21-19(17-10-11-24-12-25-17)20(26-29-21)14-6-8-15(22)9-7-14/h2-12H,1H3. The Morgan fingerprint density at radius 3 is 2.52 bits per heavy atom. The average Bonchev–Trinajstić information content (AvgIpc) is 3.15. The van der Waals surface area contributed by atoms with E-state index in [0.717, 1.165) is 3.57 Å². The van der Waals surface area contributed by atoms with Gasteiger partial charge < -0.3 is 4.52 Å². The summed E-state index contributed by atoms with van der Waals surface area (Å²) in [6.45, 7) is 1.45. The maximum Gasteiger partial charge on any atom is 0.248 e. The van der Waals surface area contributed by atoms with E-state index in [9.17, 15) is 9.18 Å². The number of halogens is 2. The molecule has 0 unspecified atom stereocenters. The smallest absolute Gasteiger partial charge is 0.248 e. The summed E-state index contributed by atoms with van der Waals surface area (Å²) in [4.78, 5) is 22.4. The number of benzene rings is 2. The van der Waals surface area contributed by atoms with Crippen LogP contribution < -0.4 is 4.90 Å². The molecule has 4 rings (SSSR count). The molecule has 2 aromatic heterocycles. The third-order valence-corrected chi connectivity index (χ3v) is 5.15. The van der Waals surface area contributed by atoms with E-state index in [-0.39, 0.29) is 17.6 Å². The van der Waals surface area contributed by atoms with Crippen LogP contribution in [-0.4, -0.2) is 21.0 Å². The molecular formula is C21H14FIN4O2. The summed E-state index contributed by atoms with van der Waals surface area (Å²) >= 11 is 2.16. The van der Waals surface area contributed by atoms with Crippen molar-refractivity contribution in [3.8, 4) is 22.5 Å². The van der Waals surface area contributed by atoms with E-state index >= 15 is 0 Å². The fourth-order valence-corrected chi connectivity index (χ4v) is 3.59. The van der Waals surface area contributed by atoms with Crippen molar-refractivity contribution < 1.29 is 13.7 Å². The average molecular weight is 500 g/mol. The predicted octanol–water partition coefficient (Wildman–Crippen LogP) is 5.23. The van der Waals surface area contributed by atoms with Gasteiger partial charge >= 0.3 is 0 Å². The molecule has 6 nitrogen and oxygen atoms in total. The Bertz CT molecular complexity index is 1160. The largest absolute Gasteiger partial charge is 0.336 e. The minimum Gasteiger partial charge on any atom is -0.336 e. The van der Waals surface area contributed by atoms with Crippen molar-refractivity contribution in [2.24, 2.45) is 0 Å². The first kappa shape index (κ1) is 19.2. The first-order valence-corrected chi connectivity index (χ1v) is 9.71. The summed E-state index contributed by atoms with van der Waals surface area (Å²) in [6.07, 6.45) is 3.00. The van der Waals surface area contributed by atoms with Crippen molar-refractivity contribution in [3.63, 3.8) is 0 Å². The molecule has 1 amide bonds. The number of para-hydroxylation sites is 1. The molecule has 0 atom stereocenters. The van der Waals surface area contributed by atoms with Crippen LogP contribution in [0.1, 0.15) is 6.92 Å².